The standard InChI is InChI=1S/C25H40N4O8/c30-21(14-20-4-2-1-3-5-20)15-22(31)16-26-6-8-27(17-23(32)33)10-12-29(19-25(36)37)13-11-28(9-7-26)18-24(34)35/h1-5,21-22,30-31H,6-19H2,(H,32,33)(H,34,35)(H,36,37). The lowest BCUT2D eigenvalue weighted by Gasteiger charge is -2.34. The molecule has 1 saturated heterocycles. The summed E-state index contributed by atoms with van der Waals surface area (Å²) in [5.41, 5.74) is 0.971. The number of hydrogen-bond donors (Lipinski definition) is 5. The first-order chi connectivity index (χ1) is 17.6. The van der Waals surface area contributed by atoms with E-state index in [4.69, 9.17) is 0 Å². The molecule has 0 aromatic heterocycles. The molecule has 12 nitrogen and oxygen atoms in total. The van der Waals surface area contributed by atoms with Gasteiger partial charge in [0.2, 0.25) is 0 Å². The molecular weight excluding hydrogens is 484 g/mol. The van der Waals surface area contributed by atoms with E-state index in [0.29, 0.717) is 58.8 Å². The van der Waals surface area contributed by atoms with Crippen LogP contribution in [0.3, 0.4) is 0 Å². The van der Waals surface area contributed by atoms with Gasteiger partial charge in [-0.25, -0.2) is 0 Å². The summed E-state index contributed by atoms with van der Waals surface area (Å²) in [5.74, 6) is -2.98. The van der Waals surface area contributed by atoms with E-state index in [0.717, 1.165) is 5.56 Å². The number of aliphatic carboxylic acids is 3. The maximum Gasteiger partial charge on any atom is 0.317 e. The van der Waals surface area contributed by atoms with Crippen LogP contribution in [-0.2, 0) is 20.8 Å². The van der Waals surface area contributed by atoms with Gasteiger partial charge in [-0.3, -0.25) is 34.0 Å². The van der Waals surface area contributed by atoms with Crippen molar-refractivity contribution in [2.75, 3.05) is 78.5 Å². The largest absolute Gasteiger partial charge is 0.480 e. The van der Waals surface area contributed by atoms with Gasteiger partial charge in [0.1, 0.15) is 0 Å². The number of carbonyl (C=O) groups is 3. The number of rotatable bonds is 12. The second kappa shape index (κ2) is 16.3. The zero-order valence-corrected chi connectivity index (χ0v) is 21.2. The molecule has 0 amide bonds. The Hall–Kier alpha value is -2.61. The van der Waals surface area contributed by atoms with Crippen molar-refractivity contribution in [3.63, 3.8) is 0 Å². The fourth-order valence-electron chi connectivity index (χ4n) is 4.47. The highest BCUT2D eigenvalue weighted by atomic mass is 16.4. The number of hydrogen-bond acceptors (Lipinski definition) is 9. The molecule has 0 bridgehead atoms. The third-order valence-electron chi connectivity index (χ3n) is 6.33. The molecule has 1 fully saturated rings. The molecule has 12 heteroatoms. The van der Waals surface area contributed by atoms with Gasteiger partial charge in [-0.05, 0) is 12.0 Å². The third-order valence-corrected chi connectivity index (χ3v) is 6.33. The molecule has 5 N–H and O–H groups in total. The summed E-state index contributed by atoms with van der Waals surface area (Å²) in [7, 11) is 0. The first-order valence-corrected chi connectivity index (χ1v) is 12.6. The number of carboxylic acid groups (broad SMARTS) is 3. The van der Waals surface area contributed by atoms with Gasteiger partial charge in [0, 0.05) is 65.3 Å². The number of benzene rings is 1. The van der Waals surface area contributed by atoms with Crippen molar-refractivity contribution in [3.8, 4) is 0 Å². The first-order valence-electron chi connectivity index (χ1n) is 12.6. The molecule has 0 spiro atoms. The van der Waals surface area contributed by atoms with Crippen molar-refractivity contribution in [1.82, 2.24) is 19.6 Å². The van der Waals surface area contributed by atoms with Crippen molar-refractivity contribution in [2.24, 2.45) is 0 Å². The molecule has 1 aromatic rings. The van der Waals surface area contributed by atoms with Gasteiger partial charge in [-0.15, -0.1) is 0 Å². The highest BCUT2D eigenvalue weighted by Gasteiger charge is 2.22. The Morgan fingerprint density at radius 1 is 0.622 bits per heavy atom. The number of aliphatic hydroxyl groups excluding tert-OH is 2. The van der Waals surface area contributed by atoms with Gasteiger partial charge < -0.3 is 25.5 Å². The average molecular weight is 525 g/mol. The minimum Gasteiger partial charge on any atom is -0.480 e. The van der Waals surface area contributed by atoms with E-state index in [1.807, 2.05) is 35.2 Å². The number of β-amino-alcohol motifs (C(OH)–C–C–N with tert-alkyl or cyclic N) is 1. The fourth-order valence-corrected chi connectivity index (χ4v) is 4.47. The molecule has 2 unspecified atom stereocenters. The number of carboxylic acids is 3. The van der Waals surface area contributed by atoms with E-state index in [2.05, 4.69) is 0 Å². The Labute approximate surface area is 217 Å². The molecule has 1 aromatic carbocycles. The minimum absolute atomic E-state index is 0.174. The molecule has 37 heavy (non-hydrogen) atoms. The Morgan fingerprint density at radius 2 is 1.00 bits per heavy atom. The van der Waals surface area contributed by atoms with Crippen LogP contribution in [0.1, 0.15) is 12.0 Å². The zero-order valence-electron chi connectivity index (χ0n) is 21.2. The lowest BCUT2D eigenvalue weighted by Crippen LogP contribution is -2.49. The summed E-state index contributed by atoms with van der Waals surface area (Å²) >= 11 is 0. The van der Waals surface area contributed by atoms with Crippen molar-refractivity contribution in [3.05, 3.63) is 35.9 Å². The summed E-state index contributed by atoms with van der Waals surface area (Å²) in [5, 5.41) is 49.0. The highest BCUT2D eigenvalue weighted by molar-refractivity contribution is 5.69. The predicted octanol–water partition coefficient (Wildman–Crippen LogP) is -1.18. The maximum absolute atomic E-state index is 11.4. The molecule has 1 aliphatic rings. The normalized spacial score (nSPS) is 19.4. The van der Waals surface area contributed by atoms with Crippen LogP contribution < -0.4 is 0 Å². The van der Waals surface area contributed by atoms with Crippen molar-refractivity contribution in [2.45, 2.75) is 25.0 Å². The van der Waals surface area contributed by atoms with Gasteiger partial charge in [0.15, 0.2) is 0 Å². The summed E-state index contributed by atoms with van der Waals surface area (Å²) in [6.07, 6.45) is -0.952. The quantitative estimate of drug-likeness (QED) is 0.222. The molecule has 2 rings (SSSR count). The number of nitrogens with zero attached hydrogens (tertiary/aromatic N) is 4. The molecular formula is C25H40N4O8. The van der Waals surface area contributed by atoms with E-state index in [1.165, 1.54) is 0 Å². The summed E-state index contributed by atoms with van der Waals surface area (Å²) in [6.45, 7) is 2.59. The van der Waals surface area contributed by atoms with Crippen molar-refractivity contribution >= 4 is 17.9 Å². The zero-order chi connectivity index (χ0) is 27.2. The van der Waals surface area contributed by atoms with Gasteiger partial charge in [0.05, 0.1) is 31.8 Å². The highest BCUT2D eigenvalue weighted by Crippen LogP contribution is 2.10. The van der Waals surface area contributed by atoms with Crippen LogP contribution in [0.2, 0.25) is 0 Å². The van der Waals surface area contributed by atoms with E-state index in [9.17, 15) is 39.9 Å². The van der Waals surface area contributed by atoms with Crippen LogP contribution in [0, 0.1) is 0 Å². The monoisotopic (exact) mass is 524 g/mol. The van der Waals surface area contributed by atoms with Crippen LogP contribution in [0.25, 0.3) is 0 Å². The molecule has 0 aliphatic carbocycles. The van der Waals surface area contributed by atoms with Crippen LogP contribution in [0.5, 0.6) is 0 Å². The van der Waals surface area contributed by atoms with E-state index in [1.54, 1.807) is 14.7 Å². The summed E-state index contributed by atoms with van der Waals surface area (Å²) in [4.78, 5) is 41.2. The Kier molecular flexibility index (Phi) is 13.5. The van der Waals surface area contributed by atoms with Crippen LogP contribution in [0.4, 0.5) is 0 Å². The molecule has 2 atom stereocenters. The maximum atomic E-state index is 11.4. The molecule has 1 heterocycles. The van der Waals surface area contributed by atoms with Gasteiger partial charge >= 0.3 is 17.9 Å². The third kappa shape index (κ3) is 13.5. The molecule has 1 aliphatic heterocycles. The van der Waals surface area contributed by atoms with Gasteiger partial charge in [0.25, 0.3) is 0 Å². The SMILES string of the molecule is O=C(O)CN1CCN(CC(=O)O)CCN(CC(O)CC(O)Cc2ccccc2)CCN(CC(=O)O)CC1. The molecule has 0 saturated carbocycles. The minimum atomic E-state index is -1.00. The van der Waals surface area contributed by atoms with E-state index < -0.39 is 30.1 Å². The topological polar surface area (TPSA) is 165 Å². The lowest BCUT2D eigenvalue weighted by molar-refractivity contribution is -0.140. The van der Waals surface area contributed by atoms with Gasteiger partial charge in [-0.1, -0.05) is 30.3 Å². The Balaban J connectivity index is 2.05. The molecule has 0 radical (unpaired) electrons. The fraction of sp³-hybridized carbons (Fsp3) is 0.640. The Morgan fingerprint density at radius 3 is 1.38 bits per heavy atom. The first kappa shape index (κ1) is 30.6. The predicted molar refractivity (Wildman–Crippen MR) is 135 cm³/mol. The second-order valence-corrected chi connectivity index (χ2v) is 9.54. The van der Waals surface area contributed by atoms with Crippen molar-refractivity contribution < 1.29 is 39.9 Å². The van der Waals surface area contributed by atoms with Crippen LogP contribution in [0.15, 0.2) is 30.3 Å². The van der Waals surface area contributed by atoms with Crippen LogP contribution in [-0.4, -0.2) is 154 Å². The van der Waals surface area contributed by atoms with E-state index >= 15 is 0 Å². The van der Waals surface area contributed by atoms with E-state index in [-0.39, 0.29) is 32.6 Å². The summed E-state index contributed by atoms with van der Waals surface area (Å²) < 4.78 is 0. The summed E-state index contributed by atoms with van der Waals surface area (Å²) in [6, 6.07) is 9.51. The van der Waals surface area contributed by atoms with Crippen molar-refractivity contribution in [1.29, 1.82) is 0 Å². The second-order valence-electron chi connectivity index (χ2n) is 9.54. The number of aliphatic hydroxyl groups is 2. The average Bonchev–Trinajstić information content (AvgIpc) is 2.80. The smallest absolute Gasteiger partial charge is 0.317 e. The van der Waals surface area contributed by atoms with Gasteiger partial charge in [-0.2, -0.15) is 0 Å². The van der Waals surface area contributed by atoms with Crippen LogP contribution >= 0.6 is 0 Å². The molecule has 208 valence electrons. The lowest BCUT2D eigenvalue weighted by atomic mass is 10.0. The Bertz CT molecular complexity index is 811.